The van der Waals surface area contributed by atoms with Crippen molar-refractivity contribution in [2.75, 3.05) is 18.1 Å². The Kier molecular flexibility index (Phi) is 4.62. The maximum Gasteiger partial charge on any atom is 0.0440 e. The van der Waals surface area contributed by atoms with Crippen LogP contribution in [-0.4, -0.2) is 22.3 Å². The van der Waals surface area contributed by atoms with Gasteiger partial charge in [0, 0.05) is 28.9 Å². The van der Waals surface area contributed by atoms with Gasteiger partial charge in [0.1, 0.15) is 0 Å². The molecule has 0 saturated carbocycles. The van der Waals surface area contributed by atoms with E-state index in [-0.39, 0.29) is 0 Å². The van der Waals surface area contributed by atoms with E-state index in [4.69, 9.17) is 5.73 Å². The van der Waals surface area contributed by atoms with Crippen LogP contribution in [0.15, 0.2) is 12.2 Å². The maximum absolute atomic E-state index is 10.8. The van der Waals surface area contributed by atoms with E-state index in [0.29, 0.717) is 18.1 Å². The van der Waals surface area contributed by atoms with Gasteiger partial charge in [-0.1, -0.05) is 12.2 Å². The summed E-state index contributed by atoms with van der Waals surface area (Å²) in [5.41, 5.74) is 6.14. The van der Waals surface area contributed by atoms with E-state index in [1.54, 1.807) is 0 Å². The molecule has 9 heavy (non-hydrogen) atoms. The van der Waals surface area contributed by atoms with Crippen LogP contribution in [0.3, 0.4) is 0 Å². The van der Waals surface area contributed by atoms with Gasteiger partial charge in [0.05, 0.1) is 0 Å². The van der Waals surface area contributed by atoms with Gasteiger partial charge in [0.2, 0.25) is 0 Å². The molecule has 1 unspecified atom stereocenters. The molecule has 3 heteroatoms. The van der Waals surface area contributed by atoms with Crippen LogP contribution in [0, 0.1) is 0 Å². The molecule has 1 atom stereocenters. The first-order valence-corrected chi connectivity index (χ1v) is 4.35. The molecule has 54 valence electrons. The maximum atomic E-state index is 10.8. The molecular formula is C6H13NOS. The van der Waals surface area contributed by atoms with Gasteiger partial charge in [-0.3, -0.25) is 4.21 Å². The van der Waals surface area contributed by atoms with Gasteiger partial charge in [-0.15, -0.1) is 0 Å². The number of hydrogen-bond donors (Lipinski definition) is 1. The zero-order chi connectivity index (χ0) is 7.28. The Bertz CT molecular complexity index is 122. The number of nitrogens with two attached hydrogens (primary N) is 1. The van der Waals surface area contributed by atoms with Crippen molar-refractivity contribution in [1.29, 1.82) is 0 Å². The highest BCUT2D eigenvalue weighted by atomic mass is 32.2. The second-order valence-electron chi connectivity index (χ2n) is 2.03. The van der Waals surface area contributed by atoms with Crippen LogP contribution in [0.25, 0.3) is 0 Å². The van der Waals surface area contributed by atoms with Crippen LogP contribution in [0.1, 0.15) is 6.92 Å². The fourth-order valence-electron chi connectivity index (χ4n) is 0.478. The molecule has 2 nitrogen and oxygen atoms in total. The first-order chi connectivity index (χ1) is 4.16. The molecule has 0 aromatic heterocycles. The zero-order valence-corrected chi connectivity index (χ0v) is 6.54. The van der Waals surface area contributed by atoms with Crippen molar-refractivity contribution in [3.05, 3.63) is 12.2 Å². The van der Waals surface area contributed by atoms with E-state index in [9.17, 15) is 4.21 Å². The van der Waals surface area contributed by atoms with Gasteiger partial charge in [0.25, 0.3) is 0 Å². The molecule has 0 fully saturated rings. The van der Waals surface area contributed by atoms with Crippen molar-refractivity contribution in [2.45, 2.75) is 6.92 Å². The van der Waals surface area contributed by atoms with Crippen LogP contribution >= 0.6 is 0 Å². The quantitative estimate of drug-likeness (QED) is 0.580. The SMILES string of the molecule is C=C(C)CS(=O)CCN. The average molecular weight is 147 g/mol. The standard InChI is InChI=1S/C6H13NOS/c1-6(2)5-9(8)4-3-7/h1,3-5,7H2,2H3. The largest absolute Gasteiger partial charge is 0.330 e. The highest BCUT2D eigenvalue weighted by Gasteiger charge is 1.95. The van der Waals surface area contributed by atoms with Crippen LogP contribution < -0.4 is 5.73 Å². The lowest BCUT2D eigenvalue weighted by molar-refractivity contribution is 0.684. The van der Waals surface area contributed by atoms with Crippen molar-refractivity contribution in [3.8, 4) is 0 Å². The molecule has 0 heterocycles. The smallest absolute Gasteiger partial charge is 0.0440 e. The molecule has 0 amide bonds. The summed E-state index contributed by atoms with van der Waals surface area (Å²) < 4.78 is 10.8. The summed E-state index contributed by atoms with van der Waals surface area (Å²) in [7, 11) is -0.775. The van der Waals surface area contributed by atoms with Crippen LogP contribution in [-0.2, 0) is 10.8 Å². The van der Waals surface area contributed by atoms with Crippen LogP contribution in [0.4, 0.5) is 0 Å². The van der Waals surface area contributed by atoms with Gasteiger partial charge in [-0.2, -0.15) is 0 Å². The molecule has 0 aliphatic rings. The molecule has 2 N–H and O–H groups in total. The van der Waals surface area contributed by atoms with E-state index in [0.717, 1.165) is 5.57 Å². The third kappa shape index (κ3) is 5.73. The summed E-state index contributed by atoms with van der Waals surface area (Å²) >= 11 is 0. The zero-order valence-electron chi connectivity index (χ0n) is 5.72. The first-order valence-electron chi connectivity index (χ1n) is 2.86. The summed E-state index contributed by atoms with van der Waals surface area (Å²) in [6, 6.07) is 0. The molecule has 0 bridgehead atoms. The summed E-state index contributed by atoms with van der Waals surface area (Å²) in [6.45, 7) is 6.01. The van der Waals surface area contributed by atoms with Crippen molar-refractivity contribution in [1.82, 2.24) is 0 Å². The molecule has 0 radical (unpaired) electrons. The summed E-state index contributed by atoms with van der Waals surface area (Å²) in [6.07, 6.45) is 0. The van der Waals surface area contributed by atoms with Crippen molar-refractivity contribution in [3.63, 3.8) is 0 Å². The predicted molar refractivity (Wildman–Crippen MR) is 41.7 cm³/mol. The third-order valence-electron chi connectivity index (χ3n) is 0.753. The summed E-state index contributed by atoms with van der Waals surface area (Å²) in [4.78, 5) is 0. The first kappa shape index (κ1) is 8.85. The van der Waals surface area contributed by atoms with Gasteiger partial charge in [-0.05, 0) is 6.92 Å². The minimum atomic E-state index is -0.775. The molecule has 0 aromatic carbocycles. The van der Waals surface area contributed by atoms with Gasteiger partial charge >= 0.3 is 0 Å². The Balaban J connectivity index is 3.39. The predicted octanol–water partition coefficient (Wildman–Crippen LogP) is 0.270. The van der Waals surface area contributed by atoms with Crippen molar-refractivity contribution >= 4 is 10.8 Å². The third-order valence-corrected chi connectivity index (χ3v) is 2.26. The topological polar surface area (TPSA) is 43.1 Å². The lowest BCUT2D eigenvalue weighted by Gasteiger charge is -1.96. The minimum Gasteiger partial charge on any atom is -0.330 e. The van der Waals surface area contributed by atoms with E-state index in [1.807, 2.05) is 6.92 Å². The van der Waals surface area contributed by atoms with E-state index in [2.05, 4.69) is 6.58 Å². The minimum absolute atomic E-state index is 0.500. The van der Waals surface area contributed by atoms with E-state index >= 15 is 0 Å². The van der Waals surface area contributed by atoms with E-state index < -0.39 is 10.8 Å². The van der Waals surface area contributed by atoms with Crippen LogP contribution in [0.2, 0.25) is 0 Å². The molecule has 0 aromatic rings. The number of rotatable bonds is 4. The Labute approximate surface area is 58.6 Å². The molecule has 0 aliphatic carbocycles. The Hall–Kier alpha value is -0.150. The molecule has 0 aliphatic heterocycles. The second-order valence-corrected chi connectivity index (χ2v) is 3.61. The molecule has 0 spiro atoms. The lowest BCUT2D eigenvalue weighted by Crippen LogP contribution is -2.12. The Morgan fingerprint density at radius 3 is 2.67 bits per heavy atom. The summed E-state index contributed by atoms with van der Waals surface area (Å²) in [5.74, 6) is 1.18. The fraction of sp³-hybridized carbons (Fsp3) is 0.667. The Morgan fingerprint density at radius 1 is 1.78 bits per heavy atom. The highest BCUT2D eigenvalue weighted by Crippen LogP contribution is 1.90. The van der Waals surface area contributed by atoms with Crippen molar-refractivity contribution < 1.29 is 4.21 Å². The average Bonchev–Trinajstić information content (AvgIpc) is 1.63. The van der Waals surface area contributed by atoms with Crippen LogP contribution in [0.5, 0.6) is 0 Å². The van der Waals surface area contributed by atoms with Gasteiger partial charge in [0.15, 0.2) is 0 Å². The van der Waals surface area contributed by atoms with Crippen molar-refractivity contribution in [2.24, 2.45) is 5.73 Å². The molecule has 0 saturated heterocycles. The van der Waals surface area contributed by atoms with Gasteiger partial charge < -0.3 is 5.73 Å². The molecular weight excluding hydrogens is 134 g/mol. The van der Waals surface area contributed by atoms with E-state index in [1.165, 1.54) is 0 Å². The van der Waals surface area contributed by atoms with Gasteiger partial charge in [-0.25, -0.2) is 0 Å². The highest BCUT2D eigenvalue weighted by molar-refractivity contribution is 7.85. The lowest BCUT2D eigenvalue weighted by atomic mass is 10.4. The number of hydrogen-bond acceptors (Lipinski definition) is 2. The summed E-state index contributed by atoms with van der Waals surface area (Å²) in [5, 5.41) is 0. The fourth-order valence-corrected chi connectivity index (χ4v) is 1.44. The normalized spacial score (nSPS) is 13.1. The second kappa shape index (κ2) is 4.70. The molecule has 0 rings (SSSR count). The monoisotopic (exact) mass is 147 g/mol. The Morgan fingerprint density at radius 2 is 2.33 bits per heavy atom.